The van der Waals surface area contributed by atoms with Gasteiger partial charge in [0.2, 0.25) is 0 Å². The van der Waals surface area contributed by atoms with Crippen LogP contribution in [0.1, 0.15) is 38.4 Å². The monoisotopic (exact) mass is 250 g/mol. The van der Waals surface area contributed by atoms with Gasteiger partial charge in [0, 0.05) is 0 Å². The Morgan fingerprint density at radius 1 is 1.28 bits per heavy atom. The molecule has 0 saturated heterocycles. The van der Waals surface area contributed by atoms with Gasteiger partial charge in [-0.1, -0.05) is 57.0 Å². The molecule has 18 heavy (non-hydrogen) atoms. The van der Waals surface area contributed by atoms with E-state index in [1.807, 2.05) is 30.3 Å². The molecule has 0 aromatic heterocycles. The number of ether oxygens (including phenoxy) is 1. The fourth-order valence-corrected chi connectivity index (χ4v) is 1.78. The van der Waals surface area contributed by atoms with E-state index in [0.717, 1.165) is 18.4 Å². The van der Waals surface area contributed by atoms with E-state index in [1.54, 1.807) is 0 Å². The summed E-state index contributed by atoms with van der Waals surface area (Å²) >= 11 is 0. The molecule has 0 saturated carbocycles. The standard InChI is InChI=1S/C14H22N2O2/c1-3-11(4-2)10-18-13(14(17)16-15)12-8-6-5-7-9-12/h5-9,11,13H,3-4,10,15H2,1-2H3,(H,16,17). The summed E-state index contributed by atoms with van der Waals surface area (Å²) in [5, 5.41) is 0. The van der Waals surface area contributed by atoms with Crippen molar-refractivity contribution < 1.29 is 9.53 Å². The highest BCUT2D eigenvalue weighted by atomic mass is 16.5. The molecule has 0 aliphatic rings. The van der Waals surface area contributed by atoms with Crippen molar-refractivity contribution in [3.8, 4) is 0 Å². The van der Waals surface area contributed by atoms with Gasteiger partial charge in [-0.05, 0) is 11.5 Å². The number of amides is 1. The molecule has 1 aromatic carbocycles. The molecular formula is C14H22N2O2. The molecule has 100 valence electrons. The molecule has 3 N–H and O–H groups in total. The van der Waals surface area contributed by atoms with E-state index in [9.17, 15) is 4.79 Å². The van der Waals surface area contributed by atoms with Crippen molar-refractivity contribution in [1.82, 2.24) is 5.43 Å². The average Bonchev–Trinajstić information content (AvgIpc) is 2.44. The zero-order valence-corrected chi connectivity index (χ0v) is 11.1. The van der Waals surface area contributed by atoms with Crippen molar-refractivity contribution in [2.75, 3.05) is 6.61 Å². The van der Waals surface area contributed by atoms with Gasteiger partial charge in [0.05, 0.1) is 6.61 Å². The molecule has 0 bridgehead atoms. The number of hydrazine groups is 1. The Bertz CT molecular complexity index is 350. The maximum absolute atomic E-state index is 11.7. The van der Waals surface area contributed by atoms with Crippen LogP contribution in [0.2, 0.25) is 0 Å². The molecule has 1 rings (SSSR count). The van der Waals surface area contributed by atoms with Crippen LogP contribution in [0.25, 0.3) is 0 Å². The molecule has 0 aliphatic carbocycles. The molecule has 0 spiro atoms. The Morgan fingerprint density at radius 2 is 1.89 bits per heavy atom. The lowest BCUT2D eigenvalue weighted by atomic mass is 10.0. The van der Waals surface area contributed by atoms with Crippen LogP contribution in [-0.4, -0.2) is 12.5 Å². The second kappa shape index (κ2) is 7.84. The highest BCUT2D eigenvalue weighted by molar-refractivity contribution is 5.81. The molecular weight excluding hydrogens is 228 g/mol. The van der Waals surface area contributed by atoms with Crippen LogP contribution in [0.4, 0.5) is 0 Å². The summed E-state index contributed by atoms with van der Waals surface area (Å²) < 4.78 is 5.73. The van der Waals surface area contributed by atoms with Crippen molar-refractivity contribution in [1.29, 1.82) is 0 Å². The van der Waals surface area contributed by atoms with Crippen LogP contribution >= 0.6 is 0 Å². The normalized spacial score (nSPS) is 12.4. The first-order valence-electron chi connectivity index (χ1n) is 6.39. The Morgan fingerprint density at radius 3 is 2.39 bits per heavy atom. The number of nitrogens with one attached hydrogen (secondary N) is 1. The number of hydrogen-bond acceptors (Lipinski definition) is 3. The van der Waals surface area contributed by atoms with Gasteiger partial charge in [-0.15, -0.1) is 0 Å². The van der Waals surface area contributed by atoms with Crippen LogP contribution in [0.15, 0.2) is 30.3 Å². The number of rotatable bonds is 7. The minimum absolute atomic E-state index is 0.313. The predicted molar refractivity (Wildman–Crippen MR) is 71.5 cm³/mol. The number of carbonyl (C=O) groups is 1. The lowest BCUT2D eigenvalue weighted by Gasteiger charge is -2.20. The zero-order chi connectivity index (χ0) is 13.4. The first-order valence-corrected chi connectivity index (χ1v) is 6.39. The van der Waals surface area contributed by atoms with Crippen LogP contribution in [0, 0.1) is 5.92 Å². The molecule has 0 heterocycles. The van der Waals surface area contributed by atoms with Crippen molar-refractivity contribution in [2.45, 2.75) is 32.8 Å². The topological polar surface area (TPSA) is 64.3 Å². The first kappa shape index (κ1) is 14.7. The van der Waals surface area contributed by atoms with E-state index in [2.05, 4.69) is 19.3 Å². The fraction of sp³-hybridized carbons (Fsp3) is 0.500. The molecule has 0 fully saturated rings. The van der Waals surface area contributed by atoms with Crippen LogP contribution in [0.5, 0.6) is 0 Å². The second-order valence-electron chi connectivity index (χ2n) is 4.32. The highest BCUT2D eigenvalue weighted by Crippen LogP contribution is 2.19. The summed E-state index contributed by atoms with van der Waals surface area (Å²) in [6, 6.07) is 9.40. The molecule has 4 heteroatoms. The Labute approximate surface area is 108 Å². The van der Waals surface area contributed by atoms with Crippen LogP contribution in [0.3, 0.4) is 0 Å². The quantitative estimate of drug-likeness (QED) is 0.443. The van der Waals surface area contributed by atoms with Gasteiger partial charge in [0.15, 0.2) is 6.10 Å². The molecule has 4 nitrogen and oxygen atoms in total. The SMILES string of the molecule is CCC(CC)COC(C(=O)NN)c1ccccc1. The van der Waals surface area contributed by atoms with Gasteiger partial charge in [-0.2, -0.15) is 0 Å². The Balaban J connectivity index is 2.71. The van der Waals surface area contributed by atoms with Crippen LogP contribution < -0.4 is 11.3 Å². The van der Waals surface area contributed by atoms with Gasteiger partial charge in [0.1, 0.15) is 0 Å². The second-order valence-corrected chi connectivity index (χ2v) is 4.32. The summed E-state index contributed by atoms with van der Waals surface area (Å²) in [6.07, 6.45) is 1.46. The lowest BCUT2D eigenvalue weighted by molar-refractivity contribution is -0.134. The Hall–Kier alpha value is -1.39. The summed E-state index contributed by atoms with van der Waals surface area (Å²) in [7, 11) is 0. The van der Waals surface area contributed by atoms with Gasteiger partial charge >= 0.3 is 0 Å². The van der Waals surface area contributed by atoms with E-state index in [1.165, 1.54) is 0 Å². The number of nitrogens with two attached hydrogens (primary N) is 1. The summed E-state index contributed by atoms with van der Waals surface area (Å²) in [4.78, 5) is 11.7. The minimum Gasteiger partial charge on any atom is -0.363 e. The third-order valence-electron chi connectivity index (χ3n) is 3.14. The average molecular weight is 250 g/mol. The lowest BCUT2D eigenvalue weighted by Crippen LogP contribution is -2.36. The maximum atomic E-state index is 11.7. The summed E-state index contributed by atoms with van der Waals surface area (Å²) in [6.45, 7) is 4.82. The summed E-state index contributed by atoms with van der Waals surface area (Å²) in [5.41, 5.74) is 2.98. The van der Waals surface area contributed by atoms with Crippen molar-refractivity contribution in [2.24, 2.45) is 11.8 Å². The molecule has 1 unspecified atom stereocenters. The van der Waals surface area contributed by atoms with E-state index in [0.29, 0.717) is 12.5 Å². The third kappa shape index (κ3) is 4.13. The van der Waals surface area contributed by atoms with E-state index in [-0.39, 0.29) is 5.91 Å². The highest BCUT2D eigenvalue weighted by Gasteiger charge is 2.21. The van der Waals surface area contributed by atoms with Gasteiger partial charge in [-0.3, -0.25) is 10.2 Å². The zero-order valence-electron chi connectivity index (χ0n) is 11.1. The minimum atomic E-state index is -0.628. The molecule has 1 atom stereocenters. The van der Waals surface area contributed by atoms with E-state index >= 15 is 0 Å². The molecule has 0 radical (unpaired) electrons. The number of benzene rings is 1. The smallest absolute Gasteiger partial charge is 0.267 e. The van der Waals surface area contributed by atoms with Gasteiger partial charge < -0.3 is 4.74 Å². The maximum Gasteiger partial charge on any atom is 0.267 e. The molecule has 1 aromatic rings. The number of carbonyl (C=O) groups excluding carboxylic acids is 1. The largest absolute Gasteiger partial charge is 0.363 e. The third-order valence-corrected chi connectivity index (χ3v) is 3.14. The van der Waals surface area contributed by atoms with Crippen molar-refractivity contribution >= 4 is 5.91 Å². The predicted octanol–water partition coefficient (Wildman–Crippen LogP) is 2.17. The summed E-state index contributed by atoms with van der Waals surface area (Å²) in [5.74, 6) is 5.36. The van der Waals surface area contributed by atoms with Crippen LogP contribution in [-0.2, 0) is 9.53 Å². The molecule has 0 aliphatic heterocycles. The molecule has 1 amide bonds. The fourth-order valence-electron chi connectivity index (χ4n) is 1.78. The first-order chi connectivity index (χ1) is 8.72. The van der Waals surface area contributed by atoms with Gasteiger partial charge in [-0.25, -0.2) is 5.84 Å². The Kier molecular flexibility index (Phi) is 6.39. The van der Waals surface area contributed by atoms with E-state index in [4.69, 9.17) is 10.6 Å². The van der Waals surface area contributed by atoms with Crippen molar-refractivity contribution in [3.05, 3.63) is 35.9 Å². The van der Waals surface area contributed by atoms with Gasteiger partial charge in [0.25, 0.3) is 5.91 Å². The number of hydrogen-bond donors (Lipinski definition) is 2. The van der Waals surface area contributed by atoms with E-state index < -0.39 is 6.10 Å². The van der Waals surface area contributed by atoms with Crippen molar-refractivity contribution in [3.63, 3.8) is 0 Å².